The third kappa shape index (κ3) is 3.60. The van der Waals surface area contributed by atoms with Gasteiger partial charge in [0.15, 0.2) is 11.5 Å². The summed E-state index contributed by atoms with van der Waals surface area (Å²) in [5, 5.41) is 2.85. The second kappa shape index (κ2) is 8.57. The van der Waals surface area contributed by atoms with E-state index in [1.807, 2.05) is 0 Å². The van der Waals surface area contributed by atoms with Gasteiger partial charge in [-0.25, -0.2) is 9.59 Å². The molecule has 8 nitrogen and oxygen atoms in total. The summed E-state index contributed by atoms with van der Waals surface area (Å²) in [5.74, 6) is 0.419. The number of nitrogens with one attached hydrogen (secondary N) is 1. The first kappa shape index (κ1) is 19.6. The molecule has 1 N–H and O–H groups in total. The van der Waals surface area contributed by atoms with Crippen molar-refractivity contribution in [3.8, 4) is 11.5 Å². The molecule has 1 aliphatic heterocycles. The number of carbonyl (C=O) groups excluding carboxylic acids is 2. The smallest absolute Gasteiger partial charge is 0.337 e. The molecule has 1 aliphatic rings. The summed E-state index contributed by atoms with van der Waals surface area (Å²) in [6, 6.07) is 4.23. The van der Waals surface area contributed by atoms with E-state index in [0.717, 1.165) is 0 Å². The summed E-state index contributed by atoms with van der Waals surface area (Å²) in [5.41, 5.74) is 1.44. The Balaban J connectivity index is 2.59. The molecule has 0 saturated carbocycles. The molecule has 2 rings (SSSR count). The van der Waals surface area contributed by atoms with Crippen molar-refractivity contribution in [2.75, 3.05) is 41.6 Å². The minimum atomic E-state index is -0.723. The first-order chi connectivity index (χ1) is 12.5. The van der Waals surface area contributed by atoms with Gasteiger partial charge in [-0.3, -0.25) is 4.90 Å². The van der Waals surface area contributed by atoms with E-state index in [0.29, 0.717) is 41.5 Å². The summed E-state index contributed by atoms with van der Waals surface area (Å²) < 4.78 is 20.8. The highest BCUT2D eigenvalue weighted by Crippen LogP contribution is 2.40. The molecule has 0 aliphatic carbocycles. The fraction of sp³-hybridized carbons (Fsp3) is 0.444. The van der Waals surface area contributed by atoms with Crippen LogP contribution in [0.25, 0.3) is 0 Å². The van der Waals surface area contributed by atoms with Crippen LogP contribution in [0, 0.1) is 0 Å². The molecule has 0 radical (unpaired) electrons. The molecule has 0 fully saturated rings. The van der Waals surface area contributed by atoms with Crippen molar-refractivity contribution in [3.05, 3.63) is 35.0 Å². The summed E-state index contributed by atoms with van der Waals surface area (Å²) in [6.07, 6.45) is 0. The van der Waals surface area contributed by atoms with Crippen molar-refractivity contribution in [1.29, 1.82) is 0 Å². The number of urea groups is 1. The molecule has 1 aromatic rings. The van der Waals surface area contributed by atoms with Crippen LogP contribution in [-0.2, 0) is 14.3 Å². The second-order valence-corrected chi connectivity index (χ2v) is 5.60. The number of hydrogen-bond acceptors (Lipinski definition) is 6. The molecule has 0 spiro atoms. The van der Waals surface area contributed by atoms with Crippen LogP contribution < -0.4 is 14.8 Å². The molecule has 2 amide bonds. The van der Waals surface area contributed by atoms with Gasteiger partial charge in [-0.2, -0.15) is 0 Å². The minimum absolute atomic E-state index is 0.316. The fourth-order valence-corrected chi connectivity index (χ4v) is 2.98. The molecule has 0 bridgehead atoms. The number of nitrogens with zero attached hydrogens (tertiary/aromatic N) is 1. The number of ether oxygens (including phenoxy) is 4. The monoisotopic (exact) mass is 364 g/mol. The molecule has 8 heteroatoms. The zero-order chi connectivity index (χ0) is 19.3. The van der Waals surface area contributed by atoms with Crippen LogP contribution in [0.2, 0.25) is 0 Å². The predicted octanol–water partition coefficient (Wildman–Crippen LogP) is 1.86. The van der Waals surface area contributed by atoms with Crippen molar-refractivity contribution in [2.45, 2.75) is 13.0 Å². The maximum Gasteiger partial charge on any atom is 0.337 e. The predicted molar refractivity (Wildman–Crippen MR) is 94.1 cm³/mol. The van der Waals surface area contributed by atoms with E-state index in [2.05, 4.69) is 5.32 Å². The maximum atomic E-state index is 12.6. The lowest BCUT2D eigenvalue weighted by Crippen LogP contribution is -2.49. The highest BCUT2D eigenvalue weighted by Gasteiger charge is 2.37. The van der Waals surface area contributed by atoms with E-state index in [1.165, 1.54) is 26.2 Å². The summed E-state index contributed by atoms with van der Waals surface area (Å²) in [7, 11) is 5.88. The molecule has 1 unspecified atom stereocenters. The number of rotatable bonds is 7. The molecule has 0 saturated heterocycles. The SMILES string of the molecule is COCCN1C(=O)NC(c2cccc(OC)c2OC)C(C(=O)OC)=C1C. The lowest BCUT2D eigenvalue weighted by Gasteiger charge is -2.35. The highest BCUT2D eigenvalue weighted by atomic mass is 16.5. The van der Waals surface area contributed by atoms with Crippen molar-refractivity contribution in [3.63, 3.8) is 0 Å². The number of methoxy groups -OCH3 is 4. The van der Waals surface area contributed by atoms with E-state index in [-0.39, 0.29) is 6.03 Å². The van der Waals surface area contributed by atoms with Gasteiger partial charge in [-0.1, -0.05) is 12.1 Å². The Hall–Kier alpha value is -2.74. The van der Waals surface area contributed by atoms with Gasteiger partial charge in [0.05, 0.1) is 46.1 Å². The van der Waals surface area contributed by atoms with Gasteiger partial charge < -0.3 is 24.3 Å². The Morgan fingerprint density at radius 1 is 1.19 bits per heavy atom. The molecule has 1 aromatic carbocycles. The molecular weight excluding hydrogens is 340 g/mol. The number of esters is 1. The van der Waals surface area contributed by atoms with Crippen LogP contribution in [0.4, 0.5) is 4.79 Å². The third-order valence-electron chi connectivity index (χ3n) is 4.27. The summed E-state index contributed by atoms with van der Waals surface area (Å²) in [6.45, 7) is 2.36. The summed E-state index contributed by atoms with van der Waals surface area (Å²) >= 11 is 0. The van der Waals surface area contributed by atoms with Crippen molar-refractivity contribution < 1.29 is 28.5 Å². The maximum absolute atomic E-state index is 12.6. The van der Waals surface area contributed by atoms with Crippen molar-refractivity contribution >= 4 is 12.0 Å². The molecule has 1 atom stereocenters. The molecule has 0 aromatic heterocycles. The van der Waals surface area contributed by atoms with Gasteiger partial charge in [0.25, 0.3) is 0 Å². The van der Waals surface area contributed by atoms with Crippen LogP contribution in [0.15, 0.2) is 29.5 Å². The lowest BCUT2D eigenvalue weighted by atomic mass is 9.94. The zero-order valence-electron chi connectivity index (χ0n) is 15.6. The van der Waals surface area contributed by atoms with Crippen LogP contribution in [-0.4, -0.2) is 58.5 Å². The summed E-state index contributed by atoms with van der Waals surface area (Å²) in [4.78, 5) is 26.5. The molecule has 1 heterocycles. The highest BCUT2D eigenvalue weighted by molar-refractivity contribution is 5.95. The van der Waals surface area contributed by atoms with Crippen molar-refractivity contribution in [2.24, 2.45) is 0 Å². The Kier molecular flexibility index (Phi) is 6.46. The standard InChI is InChI=1S/C18H24N2O6/c1-11-14(17(21)26-5)15(19-18(22)20(11)9-10-23-2)12-7-6-8-13(24-3)16(12)25-4/h6-8,15H,9-10H2,1-5H3,(H,19,22). The van der Waals surface area contributed by atoms with Crippen LogP contribution >= 0.6 is 0 Å². The first-order valence-corrected chi connectivity index (χ1v) is 8.07. The first-order valence-electron chi connectivity index (χ1n) is 8.07. The van der Waals surface area contributed by atoms with Crippen LogP contribution in [0.1, 0.15) is 18.5 Å². The average Bonchev–Trinajstić information content (AvgIpc) is 2.66. The Morgan fingerprint density at radius 2 is 1.92 bits per heavy atom. The van der Waals surface area contributed by atoms with Gasteiger partial charge >= 0.3 is 12.0 Å². The number of hydrogen-bond donors (Lipinski definition) is 1. The number of carbonyl (C=O) groups is 2. The third-order valence-corrected chi connectivity index (χ3v) is 4.27. The Labute approximate surface area is 152 Å². The Bertz CT molecular complexity index is 716. The fourth-order valence-electron chi connectivity index (χ4n) is 2.98. The van der Waals surface area contributed by atoms with E-state index < -0.39 is 12.0 Å². The Morgan fingerprint density at radius 3 is 2.50 bits per heavy atom. The topological polar surface area (TPSA) is 86.3 Å². The average molecular weight is 364 g/mol. The normalized spacial score (nSPS) is 17.0. The van der Waals surface area contributed by atoms with Gasteiger partial charge in [0.2, 0.25) is 0 Å². The lowest BCUT2D eigenvalue weighted by molar-refractivity contribution is -0.136. The van der Waals surface area contributed by atoms with E-state index in [9.17, 15) is 9.59 Å². The molecule has 26 heavy (non-hydrogen) atoms. The van der Waals surface area contributed by atoms with E-state index in [1.54, 1.807) is 32.2 Å². The van der Waals surface area contributed by atoms with E-state index >= 15 is 0 Å². The van der Waals surface area contributed by atoms with Gasteiger partial charge in [-0.15, -0.1) is 0 Å². The van der Waals surface area contributed by atoms with Gasteiger partial charge in [0, 0.05) is 18.4 Å². The number of para-hydroxylation sites is 1. The zero-order valence-corrected chi connectivity index (χ0v) is 15.6. The van der Waals surface area contributed by atoms with Crippen molar-refractivity contribution in [1.82, 2.24) is 10.2 Å². The van der Waals surface area contributed by atoms with Crippen LogP contribution in [0.5, 0.6) is 11.5 Å². The largest absolute Gasteiger partial charge is 0.493 e. The molecular formula is C18H24N2O6. The van der Waals surface area contributed by atoms with Gasteiger partial charge in [0.1, 0.15) is 0 Å². The number of allylic oxidation sites excluding steroid dienone is 1. The minimum Gasteiger partial charge on any atom is -0.493 e. The number of amides is 2. The van der Waals surface area contributed by atoms with Gasteiger partial charge in [-0.05, 0) is 13.0 Å². The number of benzene rings is 1. The van der Waals surface area contributed by atoms with Crippen LogP contribution in [0.3, 0.4) is 0 Å². The quantitative estimate of drug-likeness (QED) is 0.744. The molecule has 142 valence electrons. The van der Waals surface area contributed by atoms with E-state index in [4.69, 9.17) is 18.9 Å². The second-order valence-electron chi connectivity index (χ2n) is 5.60.